The van der Waals surface area contributed by atoms with Gasteiger partial charge in [0.05, 0.1) is 5.56 Å². The van der Waals surface area contributed by atoms with Gasteiger partial charge in [-0.3, -0.25) is 9.11 Å². The number of rotatable bonds is 1. The molecule has 0 aliphatic rings. The van der Waals surface area contributed by atoms with Crippen molar-refractivity contribution in [1.29, 1.82) is 0 Å². The zero-order valence-corrected chi connectivity index (χ0v) is 8.60. The monoisotopic (exact) mass is 234 g/mol. The average molecular weight is 234 g/mol. The Balaban J connectivity index is 0.000000336. The highest BCUT2D eigenvalue weighted by atomic mass is 32.3. The third kappa shape index (κ3) is 8.88. The molecule has 0 saturated heterocycles. The number of aryl methyl sites for hydroxylation is 1. The van der Waals surface area contributed by atoms with Crippen molar-refractivity contribution in [3.05, 3.63) is 35.4 Å². The Labute approximate surface area is 86.8 Å². The summed E-state index contributed by atoms with van der Waals surface area (Å²) in [4.78, 5) is 10.3. The van der Waals surface area contributed by atoms with Crippen molar-refractivity contribution < 1.29 is 27.4 Å². The van der Waals surface area contributed by atoms with Crippen LogP contribution in [0.15, 0.2) is 24.3 Å². The van der Waals surface area contributed by atoms with Crippen molar-refractivity contribution in [2.24, 2.45) is 0 Å². The highest BCUT2D eigenvalue weighted by Gasteiger charge is 1.98. The lowest BCUT2D eigenvalue weighted by molar-refractivity contribution is 0.0697. The summed E-state index contributed by atoms with van der Waals surface area (Å²) in [6.07, 6.45) is 0. The van der Waals surface area contributed by atoms with Crippen molar-refractivity contribution in [1.82, 2.24) is 0 Å². The molecule has 0 radical (unpaired) electrons. The Hall–Kier alpha value is -1.44. The average Bonchev–Trinajstić information content (AvgIpc) is 2.01. The molecule has 0 unspecified atom stereocenters. The minimum Gasteiger partial charge on any atom is -0.478 e. The zero-order valence-electron chi connectivity index (χ0n) is 7.78. The van der Waals surface area contributed by atoms with Crippen LogP contribution in [0.5, 0.6) is 0 Å². The Morgan fingerprint density at radius 1 is 1.13 bits per heavy atom. The van der Waals surface area contributed by atoms with Crippen molar-refractivity contribution in [3.8, 4) is 0 Å². The Bertz CT molecular complexity index is 411. The van der Waals surface area contributed by atoms with Crippen LogP contribution in [0.25, 0.3) is 0 Å². The molecule has 84 valence electrons. The minimum atomic E-state index is -4.67. The Morgan fingerprint density at radius 3 is 1.73 bits per heavy atom. The van der Waals surface area contributed by atoms with Crippen molar-refractivity contribution in [3.63, 3.8) is 0 Å². The van der Waals surface area contributed by atoms with Crippen LogP contribution in [-0.4, -0.2) is 28.6 Å². The van der Waals surface area contributed by atoms with Crippen molar-refractivity contribution in [2.45, 2.75) is 6.92 Å². The van der Waals surface area contributed by atoms with Crippen LogP contribution in [0, 0.1) is 6.92 Å². The molecule has 7 heteroatoms. The van der Waals surface area contributed by atoms with Gasteiger partial charge in [0.2, 0.25) is 0 Å². The normalized spacial score (nSPS) is 10.1. The van der Waals surface area contributed by atoms with E-state index in [-0.39, 0.29) is 0 Å². The lowest BCUT2D eigenvalue weighted by Gasteiger charge is -1.92. The van der Waals surface area contributed by atoms with Crippen LogP contribution in [0.3, 0.4) is 0 Å². The van der Waals surface area contributed by atoms with E-state index >= 15 is 0 Å². The van der Waals surface area contributed by atoms with E-state index in [0.29, 0.717) is 5.56 Å². The third-order valence-electron chi connectivity index (χ3n) is 1.30. The molecule has 6 nitrogen and oxygen atoms in total. The van der Waals surface area contributed by atoms with E-state index in [9.17, 15) is 4.79 Å². The minimum absolute atomic E-state index is 0.339. The first-order valence-corrected chi connectivity index (χ1v) is 5.09. The maximum absolute atomic E-state index is 10.3. The maximum Gasteiger partial charge on any atom is 0.394 e. The molecule has 15 heavy (non-hydrogen) atoms. The summed E-state index contributed by atoms with van der Waals surface area (Å²) in [6, 6.07) is 6.75. The van der Waals surface area contributed by atoms with Crippen LogP contribution < -0.4 is 0 Å². The second-order valence-corrected chi connectivity index (χ2v) is 3.51. The summed E-state index contributed by atoms with van der Waals surface area (Å²) < 4.78 is 31.6. The van der Waals surface area contributed by atoms with Crippen LogP contribution >= 0.6 is 0 Å². The number of carboxylic acid groups (broad SMARTS) is 1. The van der Waals surface area contributed by atoms with Gasteiger partial charge < -0.3 is 5.11 Å². The number of carboxylic acids is 1. The SMILES string of the molecule is Cc1ccc(C(=O)O)cc1.O=S(=O)(O)O. The first-order chi connectivity index (χ1) is 6.70. The summed E-state index contributed by atoms with van der Waals surface area (Å²) in [5.74, 6) is -0.875. The van der Waals surface area contributed by atoms with Gasteiger partial charge in [-0.05, 0) is 19.1 Å². The first-order valence-electron chi connectivity index (χ1n) is 3.70. The Morgan fingerprint density at radius 2 is 1.47 bits per heavy atom. The van der Waals surface area contributed by atoms with Crippen LogP contribution in [-0.2, 0) is 10.4 Å². The standard InChI is InChI=1S/C8H8O2.H2O4S/c1-6-2-4-7(5-3-6)8(9)10;1-5(2,3)4/h2-5H,1H3,(H,9,10);(H2,1,2,3,4). The molecule has 0 spiro atoms. The van der Waals surface area contributed by atoms with Gasteiger partial charge in [-0.15, -0.1) is 0 Å². The quantitative estimate of drug-likeness (QED) is 0.626. The summed E-state index contributed by atoms with van der Waals surface area (Å²) in [5.41, 5.74) is 1.41. The number of benzene rings is 1. The molecule has 0 heterocycles. The summed E-state index contributed by atoms with van der Waals surface area (Å²) >= 11 is 0. The van der Waals surface area contributed by atoms with Crippen molar-refractivity contribution >= 4 is 16.4 Å². The van der Waals surface area contributed by atoms with Crippen LogP contribution in [0.1, 0.15) is 15.9 Å². The fraction of sp³-hybridized carbons (Fsp3) is 0.125. The lowest BCUT2D eigenvalue weighted by Crippen LogP contribution is -1.94. The second kappa shape index (κ2) is 5.44. The van der Waals surface area contributed by atoms with E-state index in [0.717, 1.165) is 5.56 Å². The van der Waals surface area contributed by atoms with Gasteiger partial charge >= 0.3 is 16.4 Å². The molecule has 1 rings (SSSR count). The number of hydrogen-bond donors (Lipinski definition) is 3. The topological polar surface area (TPSA) is 112 Å². The summed E-state index contributed by atoms with van der Waals surface area (Å²) in [6.45, 7) is 1.92. The largest absolute Gasteiger partial charge is 0.478 e. The van der Waals surface area contributed by atoms with E-state index in [1.54, 1.807) is 24.3 Å². The van der Waals surface area contributed by atoms with Crippen molar-refractivity contribution in [2.75, 3.05) is 0 Å². The van der Waals surface area contributed by atoms with Gasteiger partial charge in [0.25, 0.3) is 0 Å². The fourth-order valence-electron chi connectivity index (χ4n) is 0.696. The molecule has 0 aliphatic heterocycles. The number of carbonyl (C=O) groups is 1. The molecule has 1 aromatic rings. The van der Waals surface area contributed by atoms with Gasteiger partial charge in [-0.1, -0.05) is 17.7 Å². The van der Waals surface area contributed by atoms with Gasteiger partial charge in [-0.2, -0.15) is 8.42 Å². The maximum atomic E-state index is 10.3. The number of hydrogen-bond acceptors (Lipinski definition) is 3. The molecule has 0 aromatic heterocycles. The molecular formula is C8H10O6S. The molecule has 0 saturated carbocycles. The third-order valence-corrected chi connectivity index (χ3v) is 1.30. The second-order valence-electron chi connectivity index (χ2n) is 2.62. The van der Waals surface area contributed by atoms with Gasteiger partial charge in [0, 0.05) is 0 Å². The Kier molecular flexibility index (Phi) is 4.92. The fourth-order valence-corrected chi connectivity index (χ4v) is 0.696. The zero-order chi connectivity index (χ0) is 12.1. The van der Waals surface area contributed by atoms with E-state index in [4.69, 9.17) is 22.6 Å². The molecular weight excluding hydrogens is 224 g/mol. The van der Waals surface area contributed by atoms with Crippen LogP contribution in [0.2, 0.25) is 0 Å². The van der Waals surface area contributed by atoms with E-state index in [2.05, 4.69) is 0 Å². The summed E-state index contributed by atoms with van der Waals surface area (Å²) in [7, 11) is -4.67. The molecule has 0 bridgehead atoms. The predicted molar refractivity (Wildman–Crippen MR) is 52.3 cm³/mol. The molecule has 0 aliphatic carbocycles. The highest BCUT2D eigenvalue weighted by molar-refractivity contribution is 7.79. The molecule has 0 fully saturated rings. The van der Waals surface area contributed by atoms with E-state index in [1.165, 1.54) is 0 Å². The van der Waals surface area contributed by atoms with E-state index < -0.39 is 16.4 Å². The van der Waals surface area contributed by atoms with Gasteiger partial charge in [0.1, 0.15) is 0 Å². The smallest absolute Gasteiger partial charge is 0.394 e. The molecule has 0 atom stereocenters. The lowest BCUT2D eigenvalue weighted by atomic mass is 10.2. The summed E-state index contributed by atoms with van der Waals surface area (Å²) in [5, 5.41) is 8.48. The molecule has 3 N–H and O–H groups in total. The van der Waals surface area contributed by atoms with Gasteiger partial charge in [0.15, 0.2) is 0 Å². The highest BCUT2D eigenvalue weighted by Crippen LogP contribution is 2.01. The number of aromatic carboxylic acids is 1. The van der Waals surface area contributed by atoms with Gasteiger partial charge in [-0.25, -0.2) is 4.79 Å². The predicted octanol–water partition coefficient (Wildman–Crippen LogP) is 1.04. The van der Waals surface area contributed by atoms with Crippen LogP contribution in [0.4, 0.5) is 0 Å². The molecule has 1 aromatic carbocycles. The molecule has 0 amide bonds. The van der Waals surface area contributed by atoms with E-state index in [1.807, 2.05) is 6.92 Å². The first kappa shape index (κ1) is 13.6.